The fourth-order valence-corrected chi connectivity index (χ4v) is 4.69. The Morgan fingerprint density at radius 2 is 1.81 bits per heavy atom. The highest BCUT2D eigenvalue weighted by Crippen LogP contribution is 2.27. The van der Waals surface area contributed by atoms with Gasteiger partial charge in [-0.3, -0.25) is 0 Å². The Bertz CT molecular complexity index is 1180. The highest BCUT2D eigenvalue weighted by molar-refractivity contribution is 7.89. The summed E-state index contributed by atoms with van der Waals surface area (Å²) in [6, 6.07) is 6.74. The average molecular weight is 460 g/mol. The first-order valence-electron chi connectivity index (χ1n) is 10.7. The lowest BCUT2D eigenvalue weighted by molar-refractivity contribution is 0.126. The van der Waals surface area contributed by atoms with Gasteiger partial charge in [0.15, 0.2) is 17.0 Å². The molecule has 3 N–H and O–H groups in total. The van der Waals surface area contributed by atoms with Gasteiger partial charge >= 0.3 is 0 Å². The minimum atomic E-state index is -3.49. The second-order valence-corrected chi connectivity index (χ2v) is 10.3. The molecule has 172 valence electrons. The molecule has 2 heterocycles. The molecular weight excluding hydrogens is 430 g/mol. The highest BCUT2D eigenvalue weighted by Gasteiger charge is 2.22. The van der Waals surface area contributed by atoms with Gasteiger partial charge in [0.1, 0.15) is 0 Å². The molecule has 0 spiro atoms. The lowest BCUT2D eigenvalue weighted by atomic mass is 9.93. The van der Waals surface area contributed by atoms with E-state index in [2.05, 4.69) is 25.6 Å². The van der Waals surface area contributed by atoms with Gasteiger partial charge in [0, 0.05) is 32.4 Å². The molecule has 0 radical (unpaired) electrons. The smallest absolute Gasteiger partial charge is 0.242 e. The Hall–Kier alpha value is -2.76. The van der Waals surface area contributed by atoms with Gasteiger partial charge in [-0.25, -0.2) is 17.7 Å². The van der Waals surface area contributed by atoms with Crippen LogP contribution >= 0.6 is 0 Å². The number of aliphatic hydroxyl groups excluding tert-OH is 1. The van der Waals surface area contributed by atoms with Crippen molar-refractivity contribution in [3.63, 3.8) is 0 Å². The molecule has 0 amide bonds. The monoisotopic (exact) mass is 459 g/mol. The summed E-state index contributed by atoms with van der Waals surface area (Å²) in [4.78, 5) is 14.0. The normalized spacial score (nSPS) is 19.4. The number of nitrogens with zero attached hydrogens (tertiary/aromatic N) is 5. The van der Waals surface area contributed by atoms with Gasteiger partial charge in [-0.1, -0.05) is 0 Å². The molecule has 3 aromatic rings. The van der Waals surface area contributed by atoms with E-state index >= 15 is 0 Å². The number of imidazole rings is 1. The van der Waals surface area contributed by atoms with E-state index in [0.29, 0.717) is 23.0 Å². The second-order valence-electron chi connectivity index (χ2n) is 8.19. The molecule has 1 saturated carbocycles. The summed E-state index contributed by atoms with van der Waals surface area (Å²) < 4.78 is 27.8. The molecule has 2 aromatic heterocycles. The van der Waals surface area contributed by atoms with E-state index in [0.717, 1.165) is 37.9 Å². The summed E-state index contributed by atoms with van der Waals surface area (Å²) in [5.41, 5.74) is 2.05. The van der Waals surface area contributed by atoms with Gasteiger partial charge in [0.25, 0.3) is 0 Å². The van der Waals surface area contributed by atoms with Gasteiger partial charge in [0.2, 0.25) is 16.0 Å². The number of rotatable bonds is 7. The lowest BCUT2D eigenvalue weighted by Gasteiger charge is -2.26. The van der Waals surface area contributed by atoms with Gasteiger partial charge < -0.3 is 20.3 Å². The third kappa shape index (κ3) is 4.54. The van der Waals surface area contributed by atoms with Crippen molar-refractivity contribution < 1.29 is 13.5 Å². The van der Waals surface area contributed by atoms with E-state index in [-0.39, 0.29) is 17.0 Å². The maximum Gasteiger partial charge on any atom is 0.242 e. The summed E-state index contributed by atoms with van der Waals surface area (Å²) in [6.45, 7) is 2.75. The summed E-state index contributed by atoms with van der Waals surface area (Å²) in [7, 11) is -0.483. The predicted octanol–water partition coefficient (Wildman–Crippen LogP) is 2.56. The third-order valence-electron chi connectivity index (χ3n) is 5.73. The number of aryl methyl sites for hydroxylation is 1. The molecule has 4 rings (SSSR count). The van der Waals surface area contributed by atoms with Crippen LogP contribution in [0.4, 0.5) is 17.5 Å². The van der Waals surface area contributed by atoms with Crippen molar-refractivity contribution in [1.29, 1.82) is 0 Å². The molecule has 10 nitrogen and oxygen atoms in total. The maximum atomic E-state index is 12.3. The van der Waals surface area contributed by atoms with Crippen molar-refractivity contribution in [2.75, 3.05) is 24.7 Å². The minimum Gasteiger partial charge on any atom is -0.393 e. The first kappa shape index (κ1) is 22.4. The van der Waals surface area contributed by atoms with Crippen molar-refractivity contribution in [2.24, 2.45) is 0 Å². The summed E-state index contributed by atoms with van der Waals surface area (Å²) in [6.07, 6.45) is 4.76. The number of nitrogens with one attached hydrogen (secondary N) is 2. The van der Waals surface area contributed by atoms with Crippen LogP contribution in [0.25, 0.3) is 11.2 Å². The quantitative estimate of drug-likeness (QED) is 0.492. The third-order valence-corrected chi connectivity index (χ3v) is 7.56. The molecule has 1 aliphatic carbocycles. The summed E-state index contributed by atoms with van der Waals surface area (Å²) in [5, 5.41) is 16.4. The van der Waals surface area contributed by atoms with E-state index in [9.17, 15) is 13.5 Å². The zero-order valence-corrected chi connectivity index (χ0v) is 19.3. The van der Waals surface area contributed by atoms with Crippen LogP contribution in [0.2, 0.25) is 0 Å². The van der Waals surface area contributed by atoms with E-state index in [4.69, 9.17) is 0 Å². The van der Waals surface area contributed by atoms with Crippen molar-refractivity contribution in [3.8, 4) is 0 Å². The van der Waals surface area contributed by atoms with Crippen LogP contribution in [-0.4, -0.2) is 63.6 Å². The van der Waals surface area contributed by atoms with E-state index < -0.39 is 10.0 Å². The van der Waals surface area contributed by atoms with Gasteiger partial charge in [-0.05, 0) is 56.9 Å². The van der Waals surface area contributed by atoms with E-state index in [1.807, 2.05) is 11.5 Å². The number of hydrogen-bond donors (Lipinski definition) is 3. The Balaban J connectivity index is 1.63. The Morgan fingerprint density at radius 3 is 2.44 bits per heavy atom. The average Bonchev–Trinajstić information content (AvgIpc) is 3.19. The number of hydrogen-bond acceptors (Lipinski definition) is 8. The maximum absolute atomic E-state index is 12.3. The van der Waals surface area contributed by atoms with Crippen LogP contribution in [0.3, 0.4) is 0 Å². The molecule has 0 atom stereocenters. The second kappa shape index (κ2) is 9.00. The molecule has 1 fully saturated rings. The number of benzene rings is 1. The van der Waals surface area contributed by atoms with Crippen LogP contribution in [0.1, 0.15) is 32.6 Å². The Labute approximate surface area is 187 Å². The van der Waals surface area contributed by atoms with Crippen LogP contribution in [0.5, 0.6) is 0 Å². The van der Waals surface area contributed by atoms with Gasteiger partial charge in [-0.2, -0.15) is 9.97 Å². The Kier molecular flexibility index (Phi) is 6.31. The van der Waals surface area contributed by atoms with Crippen LogP contribution in [0, 0.1) is 0 Å². The largest absolute Gasteiger partial charge is 0.393 e. The molecular formula is C21H29N7O3S. The molecule has 0 unspecified atom stereocenters. The fourth-order valence-electron chi connectivity index (χ4n) is 3.79. The van der Waals surface area contributed by atoms with Crippen LogP contribution in [-0.2, 0) is 16.6 Å². The zero-order valence-electron chi connectivity index (χ0n) is 18.5. The van der Waals surface area contributed by atoms with Gasteiger partial charge in [-0.15, -0.1) is 0 Å². The molecule has 0 saturated heterocycles. The SMILES string of the molecule is CCn1cnc2c(Nc3ccc(S(=O)(=O)N(C)C)cc3)nc(NC3CCC(O)CC3)nc21. The van der Waals surface area contributed by atoms with Crippen molar-refractivity contribution in [2.45, 2.75) is 56.2 Å². The molecule has 1 aromatic carbocycles. The summed E-state index contributed by atoms with van der Waals surface area (Å²) >= 11 is 0. The highest BCUT2D eigenvalue weighted by atomic mass is 32.2. The molecule has 32 heavy (non-hydrogen) atoms. The number of fused-ring (bicyclic) bond motifs is 1. The van der Waals surface area contributed by atoms with Gasteiger partial charge in [0.05, 0.1) is 17.3 Å². The predicted molar refractivity (Wildman–Crippen MR) is 123 cm³/mol. The molecule has 0 aliphatic heterocycles. The fraction of sp³-hybridized carbons (Fsp3) is 0.476. The molecule has 0 bridgehead atoms. The number of anilines is 3. The molecule has 1 aliphatic rings. The first-order valence-corrected chi connectivity index (χ1v) is 12.2. The van der Waals surface area contributed by atoms with Crippen LogP contribution in [0.15, 0.2) is 35.5 Å². The van der Waals surface area contributed by atoms with Crippen molar-refractivity contribution >= 4 is 38.6 Å². The number of aromatic nitrogens is 4. The standard InChI is InChI=1S/C21H29N7O3S/c1-4-28-13-22-18-19(23-14-7-11-17(12-8-14)32(30,31)27(2)3)25-21(26-20(18)28)24-15-5-9-16(29)10-6-15/h7-8,11-13,15-16,29H,4-6,9-10H2,1-3H3,(H2,23,24,25,26). The number of sulfonamides is 1. The van der Waals surface area contributed by atoms with E-state index in [1.165, 1.54) is 18.4 Å². The number of aliphatic hydroxyl groups is 1. The lowest BCUT2D eigenvalue weighted by Crippen LogP contribution is -2.29. The first-order chi connectivity index (χ1) is 15.3. The van der Waals surface area contributed by atoms with Crippen LogP contribution < -0.4 is 10.6 Å². The minimum absolute atomic E-state index is 0.206. The Morgan fingerprint density at radius 1 is 1.12 bits per heavy atom. The molecule has 11 heteroatoms. The zero-order chi connectivity index (χ0) is 22.9. The summed E-state index contributed by atoms with van der Waals surface area (Å²) in [5.74, 6) is 1.05. The topological polar surface area (TPSA) is 125 Å². The van der Waals surface area contributed by atoms with Crippen molar-refractivity contribution in [3.05, 3.63) is 30.6 Å². The van der Waals surface area contributed by atoms with Crippen molar-refractivity contribution in [1.82, 2.24) is 23.8 Å². The van der Waals surface area contributed by atoms with E-state index in [1.54, 1.807) is 30.6 Å².